The van der Waals surface area contributed by atoms with Crippen LogP contribution in [0.1, 0.15) is 36.2 Å². The minimum Gasteiger partial charge on any atom is -0.508 e. The van der Waals surface area contributed by atoms with Crippen molar-refractivity contribution in [1.29, 1.82) is 5.26 Å². The number of benzene rings is 1. The Kier molecular flexibility index (Phi) is 7.79. The molecule has 8 heteroatoms. The molecule has 0 spiro atoms. The van der Waals surface area contributed by atoms with Gasteiger partial charge >= 0.3 is 0 Å². The van der Waals surface area contributed by atoms with Crippen molar-refractivity contribution in [2.24, 2.45) is 5.92 Å². The zero-order valence-corrected chi connectivity index (χ0v) is 16.6. The molecule has 1 aliphatic rings. The van der Waals surface area contributed by atoms with E-state index in [-0.39, 0.29) is 11.7 Å². The Labute approximate surface area is 165 Å². The fourth-order valence-corrected chi connectivity index (χ4v) is 3.07. The van der Waals surface area contributed by atoms with Crippen LogP contribution in [0, 0.1) is 17.4 Å². The van der Waals surface area contributed by atoms with Crippen LogP contribution in [0.3, 0.4) is 0 Å². The molecule has 1 aromatic carbocycles. The van der Waals surface area contributed by atoms with Crippen molar-refractivity contribution in [1.82, 2.24) is 15.1 Å². The maximum atomic E-state index is 12.7. The van der Waals surface area contributed by atoms with E-state index in [2.05, 4.69) is 10.2 Å². The quantitative estimate of drug-likeness (QED) is 0.539. The molecule has 28 heavy (non-hydrogen) atoms. The molecule has 0 saturated carbocycles. The lowest BCUT2D eigenvalue weighted by molar-refractivity contribution is -0.129. The number of ether oxygens (including phenoxy) is 1. The molecule has 152 valence electrons. The number of nitrogens with one attached hydrogen (secondary N) is 1. The van der Waals surface area contributed by atoms with Gasteiger partial charge in [0.15, 0.2) is 6.19 Å². The predicted octanol–water partition coefficient (Wildman–Crippen LogP) is 1.31. The summed E-state index contributed by atoms with van der Waals surface area (Å²) in [4.78, 5) is 28.2. The number of hydrogen-bond acceptors (Lipinski definition) is 6. The number of nitriles is 1. The molecular formula is C20H28N4O4. The molecular weight excluding hydrogens is 360 g/mol. The van der Waals surface area contributed by atoms with Crippen LogP contribution in [0.25, 0.3) is 0 Å². The summed E-state index contributed by atoms with van der Waals surface area (Å²) in [5, 5.41) is 21.9. The van der Waals surface area contributed by atoms with Gasteiger partial charge in [0.25, 0.3) is 11.8 Å². The van der Waals surface area contributed by atoms with Crippen LogP contribution < -0.4 is 5.32 Å². The average molecular weight is 388 g/mol. The van der Waals surface area contributed by atoms with Crippen LogP contribution in [0.4, 0.5) is 0 Å². The lowest BCUT2D eigenvalue weighted by Crippen LogP contribution is -2.46. The van der Waals surface area contributed by atoms with Gasteiger partial charge in [-0.2, -0.15) is 5.26 Å². The third-order valence-corrected chi connectivity index (χ3v) is 4.63. The number of phenols is 1. The first-order chi connectivity index (χ1) is 13.3. The van der Waals surface area contributed by atoms with Gasteiger partial charge in [0, 0.05) is 37.8 Å². The van der Waals surface area contributed by atoms with Crippen LogP contribution in [0.2, 0.25) is 0 Å². The van der Waals surface area contributed by atoms with Gasteiger partial charge in [0.2, 0.25) is 0 Å². The van der Waals surface area contributed by atoms with E-state index in [0.717, 1.165) is 18.0 Å². The van der Waals surface area contributed by atoms with Crippen LogP contribution in [0.5, 0.6) is 5.75 Å². The van der Waals surface area contributed by atoms with Gasteiger partial charge in [-0.25, -0.2) is 0 Å². The lowest BCUT2D eigenvalue weighted by Gasteiger charge is -2.27. The van der Waals surface area contributed by atoms with E-state index < -0.39 is 17.9 Å². The van der Waals surface area contributed by atoms with E-state index in [4.69, 9.17) is 10.00 Å². The molecule has 1 saturated heterocycles. The number of amides is 2. The maximum absolute atomic E-state index is 12.7. The van der Waals surface area contributed by atoms with E-state index in [1.165, 1.54) is 19.2 Å². The maximum Gasteiger partial charge on any atom is 0.257 e. The molecule has 0 radical (unpaired) electrons. The number of carbonyl (C=O) groups is 2. The molecule has 1 aromatic rings. The number of rotatable bonds is 7. The highest BCUT2D eigenvalue weighted by molar-refractivity contribution is 5.98. The Balaban J connectivity index is 2.13. The minimum absolute atomic E-state index is 0.127. The summed E-state index contributed by atoms with van der Waals surface area (Å²) in [6.07, 6.45) is 2.20. The Morgan fingerprint density at radius 1 is 1.36 bits per heavy atom. The molecule has 2 amide bonds. The van der Waals surface area contributed by atoms with Crippen molar-refractivity contribution in [3.8, 4) is 11.9 Å². The fourth-order valence-electron chi connectivity index (χ4n) is 3.07. The van der Waals surface area contributed by atoms with Gasteiger partial charge in [0.05, 0.1) is 13.2 Å². The highest BCUT2D eigenvalue weighted by Crippen LogP contribution is 2.21. The SMILES string of the molecule is CC(C)C[C@H](NC(=O)c1ccc(O)c(CN2CCOCC2)c1)C(=O)N(C)C#N. The summed E-state index contributed by atoms with van der Waals surface area (Å²) in [5.74, 6) is -0.564. The normalized spacial score (nSPS) is 15.7. The average Bonchev–Trinajstić information content (AvgIpc) is 2.68. The van der Waals surface area contributed by atoms with E-state index in [1.807, 2.05) is 13.8 Å². The third-order valence-electron chi connectivity index (χ3n) is 4.63. The summed E-state index contributed by atoms with van der Waals surface area (Å²) < 4.78 is 5.33. The van der Waals surface area contributed by atoms with Crippen molar-refractivity contribution in [3.05, 3.63) is 29.3 Å². The van der Waals surface area contributed by atoms with Crippen LogP contribution in [-0.4, -0.2) is 66.1 Å². The van der Waals surface area contributed by atoms with Gasteiger partial charge in [-0.1, -0.05) is 13.8 Å². The summed E-state index contributed by atoms with van der Waals surface area (Å²) in [6.45, 7) is 7.22. The number of aromatic hydroxyl groups is 1. The highest BCUT2D eigenvalue weighted by Gasteiger charge is 2.26. The van der Waals surface area contributed by atoms with E-state index >= 15 is 0 Å². The molecule has 0 aromatic heterocycles. The molecule has 1 aliphatic heterocycles. The van der Waals surface area contributed by atoms with E-state index in [0.29, 0.717) is 37.3 Å². The van der Waals surface area contributed by atoms with Gasteiger partial charge in [0.1, 0.15) is 11.8 Å². The van der Waals surface area contributed by atoms with Crippen molar-refractivity contribution in [3.63, 3.8) is 0 Å². The first kappa shape index (κ1) is 21.7. The topological polar surface area (TPSA) is 106 Å². The van der Waals surface area contributed by atoms with Gasteiger partial charge < -0.3 is 15.2 Å². The molecule has 0 bridgehead atoms. The number of likely N-dealkylation sites (N-methyl/N-ethyl adjacent to an activating group) is 1. The molecule has 8 nitrogen and oxygen atoms in total. The van der Waals surface area contributed by atoms with Crippen molar-refractivity contribution in [2.75, 3.05) is 33.4 Å². The fraction of sp³-hybridized carbons (Fsp3) is 0.550. The van der Waals surface area contributed by atoms with Gasteiger partial charge in [-0.05, 0) is 30.5 Å². The first-order valence-electron chi connectivity index (χ1n) is 9.42. The monoisotopic (exact) mass is 388 g/mol. The molecule has 1 heterocycles. The summed E-state index contributed by atoms with van der Waals surface area (Å²) in [6, 6.07) is 3.88. The molecule has 1 fully saturated rings. The molecule has 0 aliphatic carbocycles. The largest absolute Gasteiger partial charge is 0.508 e. The van der Waals surface area contributed by atoms with Crippen molar-refractivity contribution < 1.29 is 19.4 Å². The molecule has 0 unspecified atom stereocenters. The Morgan fingerprint density at radius 2 is 2.04 bits per heavy atom. The lowest BCUT2D eigenvalue weighted by atomic mass is 10.0. The summed E-state index contributed by atoms with van der Waals surface area (Å²) >= 11 is 0. The van der Waals surface area contributed by atoms with E-state index in [1.54, 1.807) is 12.3 Å². The number of hydrogen-bond donors (Lipinski definition) is 2. The standard InChI is InChI=1S/C20H28N4O4/c1-14(2)10-17(20(27)23(3)13-21)22-19(26)15-4-5-18(25)16(11-15)12-24-6-8-28-9-7-24/h4-5,11,14,17,25H,6-10,12H2,1-3H3,(H,22,26)/t17-/m0/s1. The Morgan fingerprint density at radius 3 is 2.64 bits per heavy atom. The van der Waals surface area contributed by atoms with E-state index in [9.17, 15) is 14.7 Å². The number of morpholine rings is 1. The molecule has 1 atom stereocenters. The van der Waals surface area contributed by atoms with Crippen molar-refractivity contribution >= 4 is 11.8 Å². The zero-order chi connectivity index (χ0) is 20.7. The highest BCUT2D eigenvalue weighted by atomic mass is 16.5. The predicted molar refractivity (Wildman–Crippen MR) is 103 cm³/mol. The summed E-state index contributed by atoms with van der Waals surface area (Å²) in [5.41, 5.74) is 1.01. The number of nitrogens with zero attached hydrogens (tertiary/aromatic N) is 3. The third kappa shape index (κ3) is 5.94. The van der Waals surface area contributed by atoms with Crippen LogP contribution in [0.15, 0.2) is 18.2 Å². The first-order valence-corrected chi connectivity index (χ1v) is 9.42. The van der Waals surface area contributed by atoms with Crippen LogP contribution >= 0.6 is 0 Å². The smallest absolute Gasteiger partial charge is 0.257 e. The Hall–Kier alpha value is -2.63. The Bertz CT molecular complexity index is 738. The second-order valence-corrected chi connectivity index (χ2v) is 7.38. The second kappa shape index (κ2) is 10.1. The minimum atomic E-state index is -0.784. The van der Waals surface area contributed by atoms with Gasteiger partial charge in [-0.15, -0.1) is 0 Å². The zero-order valence-electron chi connectivity index (χ0n) is 16.6. The van der Waals surface area contributed by atoms with Gasteiger partial charge in [-0.3, -0.25) is 19.4 Å². The number of carbonyl (C=O) groups excluding carboxylic acids is 2. The summed E-state index contributed by atoms with van der Waals surface area (Å²) in [7, 11) is 1.38. The molecule has 2 N–H and O–H groups in total. The second-order valence-electron chi connectivity index (χ2n) is 7.38. The molecule has 2 rings (SSSR count). The van der Waals surface area contributed by atoms with Crippen LogP contribution in [-0.2, 0) is 16.1 Å². The number of phenolic OH excluding ortho intramolecular Hbond substituents is 1. The van der Waals surface area contributed by atoms with Crippen molar-refractivity contribution in [2.45, 2.75) is 32.9 Å².